The van der Waals surface area contributed by atoms with Crippen LogP contribution in [-0.2, 0) is 16.0 Å². The van der Waals surface area contributed by atoms with E-state index in [0.717, 1.165) is 77.2 Å². The van der Waals surface area contributed by atoms with Gasteiger partial charge in [-0.1, -0.05) is 18.2 Å². The summed E-state index contributed by atoms with van der Waals surface area (Å²) in [7, 11) is 0. The van der Waals surface area contributed by atoms with Gasteiger partial charge in [0.15, 0.2) is 0 Å². The average molecular weight is 386 g/mol. The topological polar surface area (TPSA) is 50.1 Å². The molecule has 1 atom stereocenters. The molecule has 1 aromatic heterocycles. The normalized spacial score (nSPS) is 19.7. The smallest absolute Gasteiger partial charge is 0.122 e. The summed E-state index contributed by atoms with van der Waals surface area (Å²) in [6, 6.07) is 13.1. The standard InChI is InChI=1S/C22H31N3O3/c1-18-6-7-22(28-18)21(25-10-14-27-15-11-25)17-23-16-19-4-2-3-5-20(19)24-8-12-26-13-9-24/h2-7,21,23H,8-17H2,1H3. The molecule has 0 aliphatic carbocycles. The van der Waals surface area contributed by atoms with E-state index in [1.165, 1.54) is 11.3 Å². The third-order valence-electron chi connectivity index (χ3n) is 5.57. The van der Waals surface area contributed by atoms with Crippen LogP contribution in [0.1, 0.15) is 23.1 Å². The summed E-state index contributed by atoms with van der Waals surface area (Å²) in [5, 5.41) is 3.69. The summed E-state index contributed by atoms with van der Waals surface area (Å²) in [5.74, 6) is 2.00. The van der Waals surface area contributed by atoms with Crippen molar-refractivity contribution in [2.24, 2.45) is 0 Å². The van der Waals surface area contributed by atoms with Crippen molar-refractivity contribution in [1.29, 1.82) is 0 Å². The minimum Gasteiger partial charge on any atom is -0.465 e. The second-order valence-electron chi connectivity index (χ2n) is 7.47. The molecule has 6 nitrogen and oxygen atoms in total. The lowest BCUT2D eigenvalue weighted by Gasteiger charge is -2.34. The molecule has 0 bridgehead atoms. The number of ether oxygens (including phenoxy) is 2. The Morgan fingerprint density at radius 2 is 1.64 bits per heavy atom. The molecule has 1 aromatic carbocycles. The number of anilines is 1. The number of furan rings is 1. The molecule has 1 N–H and O–H groups in total. The highest BCUT2D eigenvalue weighted by Gasteiger charge is 2.25. The molecule has 2 aliphatic heterocycles. The summed E-state index contributed by atoms with van der Waals surface area (Å²) >= 11 is 0. The zero-order valence-corrected chi connectivity index (χ0v) is 16.7. The molecule has 2 aliphatic rings. The summed E-state index contributed by atoms with van der Waals surface area (Å²) in [6.07, 6.45) is 0. The van der Waals surface area contributed by atoms with Gasteiger partial charge in [-0.25, -0.2) is 0 Å². The molecule has 0 saturated carbocycles. The van der Waals surface area contributed by atoms with E-state index < -0.39 is 0 Å². The zero-order valence-electron chi connectivity index (χ0n) is 16.7. The third-order valence-corrected chi connectivity index (χ3v) is 5.57. The monoisotopic (exact) mass is 385 g/mol. The van der Waals surface area contributed by atoms with Crippen molar-refractivity contribution in [1.82, 2.24) is 10.2 Å². The van der Waals surface area contributed by atoms with Gasteiger partial charge in [0.1, 0.15) is 11.5 Å². The second kappa shape index (κ2) is 9.56. The number of hydrogen-bond acceptors (Lipinski definition) is 6. The minimum absolute atomic E-state index is 0.230. The summed E-state index contributed by atoms with van der Waals surface area (Å²) in [5.41, 5.74) is 2.65. The van der Waals surface area contributed by atoms with Crippen LogP contribution >= 0.6 is 0 Å². The number of morpholine rings is 2. The molecule has 0 radical (unpaired) electrons. The van der Waals surface area contributed by atoms with Crippen molar-refractivity contribution in [2.45, 2.75) is 19.5 Å². The van der Waals surface area contributed by atoms with Crippen molar-refractivity contribution in [3.63, 3.8) is 0 Å². The Labute approximate surface area is 167 Å². The van der Waals surface area contributed by atoms with Gasteiger partial charge in [-0.15, -0.1) is 0 Å². The quantitative estimate of drug-likeness (QED) is 0.791. The van der Waals surface area contributed by atoms with Gasteiger partial charge in [0.05, 0.1) is 32.5 Å². The van der Waals surface area contributed by atoms with E-state index in [-0.39, 0.29) is 6.04 Å². The number of aryl methyl sites for hydroxylation is 1. The molecular weight excluding hydrogens is 354 g/mol. The Hall–Kier alpha value is -1.86. The molecule has 3 heterocycles. The van der Waals surface area contributed by atoms with Gasteiger partial charge in [0, 0.05) is 45.0 Å². The van der Waals surface area contributed by atoms with E-state index >= 15 is 0 Å². The molecule has 2 fully saturated rings. The number of nitrogens with one attached hydrogen (secondary N) is 1. The maximum atomic E-state index is 5.98. The molecule has 6 heteroatoms. The van der Waals surface area contributed by atoms with Crippen molar-refractivity contribution in [3.8, 4) is 0 Å². The van der Waals surface area contributed by atoms with Crippen LogP contribution < -0.4 is 10.2 Å². The van der Waals surface area contributed by atoms with Gasteiger partial charge in [0.25, 0.3) is 0 Å². The molecule has 152 valence electrons. The molecular formula is C22H31N3O3. The van der Waals surface area contributed by atoms with Crippen molar-refractivity contribution in [2.75, 3.05) is 64.1 Å². The number of para-hydroxylation sites is 1. The number of rotatable bonds is 7. The van der Waals surface area contributed by atoms with Crippen LogP contribution in [0.5, 0.6) is 0 Å². The van der Waals surface area contributed by atoms with E-state index in [9.17, 15) is 0 Å². The van der Waals surface area contributed by atoms with Crippen molar-refractivity contribution >= 4 is 5.69 Å². The Morgan fingerprint density at radius 1 is 0.929 bits per heavy atom. The summed E-state index contributed by atoms with van der Waals surface area (Å²) in [4.78, 5) is 4.89. The number of nitrogens with zero attached hydrogens (tertiary/aromatic N) is 2. The lowest BCUT2D eigenvalue weighted by atomic mass is 10.1. The Morgan fingerprint density at radius 3 is 2.36 bits per heavy atom. The Kier molecular flexibility index (Phi) is 6.65. The number of hydrogen-bond donors (Lipinski definition) is 1. The fourth-order valence-electron chi connectivity index (χ4n) is 4.05. The average Bonchev–Trinajstić information content (AvgIpc) is 3.18. The summed E-state index contributed by atoms with van der Waals surface area (Å²) in [6.45, 7) is 10.7. The Bertz CT molecular complexity index is 736. The van der Waals surface area contributed by atoms with Gasteiger partial charge in [0.2, 0.25) is 0 Å². The van der Waals surface area contributed by atoms with E-state index in [1.807, 2.05) is 6.92 Å². The highest BCUT2D eigenvalue weighted by atomic mass is 16.5. The van der Waals surface area contributed by atoms with E-state index in [0.29, 0.717) is 0 Å². The predicted molar refractivity (Wildman–Crippen MR) is 110 cm³/mol. The van der Waals surface area contributed by atoms with Crippen molar-refractivity contribution in [3.05, 3.63) is 53.5 Å². The first-order chi connectivity index (χ1) is 13.8. The van der Waals surface area contributed by atoms with Gasteiger partial charge < -0.3 is 24.1 Å². The van der Waals surface area contributed by atoms with E-state index in [4.69, 9.17) is 13.9 Å². The highest BCUT2D eigenvalue weighted by Crippen LogP contribution is 2.25. The highest BCUT2D eigenvalue weighted by molar-refractivity contribution is 5.53. The first-order valence-corrected chi connectivity index (χ1v) is 10.3. The van der Waals surface area contributed by atoms with Crippen LogP contribution in [0.3, 0.4) is 0 Å². The fourth-order valence-corrected chi connectivity index (χ4v) is 4.05. The molecule has 2 saturated heterocycles. The largest absolute Gasteiger partial charge is 0.465 e. The van der Waals surface area contributed by atoms with Crippen LogP contribution in [0.25, 0.3) is 0 Å². The maximum absolute atomic E-state index is 5.98. The minimum atomic E-state index is 0.230. The molecule has 28 heavy (non-hydrogen) atoms. The summed E-state index contributed by atoms with van der Waals surface area (Å²) < 4.78 is 17.0. The molecule has 0 amide bonds. The van der Waals surface area contributed by atoms with E-state index in [1.54, 1.807) is 0 Å². The molecule has 0 spiro atoms. The van der Waals surface area contributed by atoms with Crippen molar-refractivity contribution < 1.29 is 13.9 Å². The lowest BCUT2D eigenvalue weighted by molar-refractivity contribution is 0.0115. The van der Waals surface area contributed by atoms with Crippen LogP contribution in [0.2, 0.25) is 0 Å². The van der Waals surface area contributed by atoms with Crippen LogP contribution in [0.4, 0.5) is 5.69 Å². The van der Waals surface area contributed by atoms with Gasteiger partial charge >= 0.3 is 0 Å². The van der Waals surface area contributed by atoms with Crippen LogP contribution in [0, 0.1) is 6.92 Å². The first kappa shape index (κ1) is 19.5. The van der Waals surface area contributed by atoms with Gasteiger partial charge in [-0.2, -0.15) is 0 Å². The maximum Gasteiger partial charge on any atom is 0.122 e. The van der Waals surface area contributed by atoms with E-state index in [2.05, 4.69) is 51.5 Å². The molecule has 2 aromatic rings. The zero-order chi connectivity index (χ0) is 19.2. The second-order valence-corrected chi connectivity index (χ2v) is 7.47. The van der Waals surface area contributed by atoms with Gasteiger partial charge in [-0.3, -0.25) is 4.90 Å². The third kappa shape index (κ3) is 4.75. The predicted octanol–water partition coefficient (Wildman–Crippen LogP) is 2.59. The SMILES string of the molecule is Cc1ccc(C(CNCc2ccccc2N2CCOCC2)N2CCOCC2)o1. The molecule has 1 unspecified atom stereocenters. The lowest BCUT2D eigenvalue weighted by Crippen LogP contribution is -2.42. The van der Waals surface area contributed by atoms with Crippen LogP contribution in [-0.4, -0.2) is 64.1 Å². The van der Waals surface area contributed by atoms with Crippen LogP contribution in [0.15, 0.2) is 40.8 Å². The number of benzene rings is 1. The Balaban J connectivity index is 1.42. The van der Waals surface area contributed by atoms with Gasteiger partial charge in [-0.05, 0) is 30.7 Å². The fraction of sp³-hybridized carbons (Fsp3) is 0.545. The first-order valence-electron chi connectivity index (χ1n) is 10.3. The molecule has 4 rings (SSSR count).